The molecule has 0 spiro atoms. The van der Waals surface area contributed by atoms with Gasteiger partial charge in [0, 0.05) is 23.1 Å². The third kappa shape index (κ3) is 2.83. The minimum atomic E-state index is -0.438. The summed E-state index contributed by atoms with van der Waals surface area (Å²) < 4.78 is 0. The molecular weight excluding hydrogens is 392 g/mol. The largest absolute Gasteiger partial charge is 0.505 e. The van der Waals surface area contributed by atoms with E-state index in [9.17, 15) is 19.5 Å². The van der Waals surface area contributed by atoms with Gasteiger partial charge in [-0.1, -0.05) is 55.5 Å². The number of amides is 1. The van der Waals surface area contributed by atoms with Crippen LogP contribution in [-0.2, 0) is 4.79 Å². The van der Waals surface area contributed by atoms with Crippen molar-refractivity contribution in [2.75, 3.05) is 10.6 Å². The lowest BCUT2D eigenvalue weighted by atomic mass is 9.79. The first-order valence-corrected chi connectivity index (χ1v) is 10.3. The standard InChI is InChI=1S/C25H20N2O4/c1-2-7-18(28)27-22-16-12-13-8-3-6-11-17(13)26-21(16)19-20(25(22)31)24(30)15-10-5-4-9-14(15)23(19)29/h3-6,8-12,17,26,31H,2,7H2,1H3,(H,27,28). The van der Waals surface area contributed by atoms with Crippen LogP contribution in [0.25, 0.3) is 6.08 Å². The SMILES string of the molecule is CCCC(=O)Nc1c(O)c2c(c3c1C=C1C=CC=CC1N3)C(=O)c1ccccc1C2=O. The van der Waals surface area contributed by atoms with E-state index in [1.165, 1.54) is 0 Å². The van der Waals surface area contributed by atoms with Gasteiger partial charge in [-0.3, -0.25) is 14.4 Å². The van der Waals surface area contributed by atoms with Gasteiger partial charge in [-0.05, 0) is 18.1 Å². The zero-order chi connectivity index (χ0) is 21.7. The molecule has 2 aromatic carbocycles. The Hall–Kier alpha value is -3.93. The fourth-order valence-corrected chi connectivity index (χ4v) is 4.35. The molecule has 1 amide bonds. The van der Waals surface area contributed by atoms with Crippen molar-refractivity contribution in [1.82, 2.24) is 0 Å². The highest BCUT2D eigenvalue weighted by molar-refractivity contribution is 6.32. The molecule has 0 saturated heterocycles. The van der Waals surface area contributed by atoms with Crippen molar-refractivity contribution in [3.05, 3.63) is 82.0 Å². The van der Waals surface area contributed by atoms with E-state index >= 15 is 0 Å². The van der Waals surface area contributed by atoms with E-state index in [1.807, 2.05) is 37.3 Å². The third-order valence-corrected chi connectivity index (χ3v) is 5.80. The van der Waals surface area contributed by atoms with Gasteiger partial charge in [0.15, 0.2) is 17.3 Å². The Morgan fingerprint density at radius 1 is 1.10 bits per heavy atom. The fraction of sp³-hybridized carbons (Fsp3) is 0.160. The molecule has 6 heteroatoms. The number of fused-ring (bicyclic) bond motifs is 5. The summed E-state index contributed by atoms with van der Waals surface area (Å²) in [7, 11) is 0. The van der Waals surface area contributed by atoms with E-state index in [2.05, 4.69) is 10.6 Å². The summed E-state index contributed by atoms with van der Waals surface area (Å²) in [5, 5.41) is 17.2. The van der Waals surface area contributed by atoms with Crippen molar-refractivity contribution in [1.29, 1.82) is 0 Å². The van der Waals surface area contributed by atoms with Crippen LogP contribution in [-0.4, -0.2) is 28.6 Å². The molecule has 0 bridgehead atoms. The third-order valence-electron chi connectivity index (χ3n) is 5.80. The van der Waals surface area contributed by atoms with E-state index < -0.39 is 5.78 Å². The van der Waals surface area contributed by atoms with Crippen LogP contribution in [0.1, 0.15) is 57.2 Å². The molecule has 2 aliphatic carbocycles. The summed E-state index contributed by atoms with van der Waals surface area (Å²) in [5.41, 5.74) is 2.63. The summed E-state index contributed by atoms with van der Waals surface area (Å²) in [5.74, 6) is -1.41. The number of rotatable bonds is 3. The molecule has 5 rings (SSSR count). The van der Waals surface area contributed by atoms with E-state index in [4.69, 9.17) is 0 Å². The maximum atomic E-state index is 13.4. The van der Waals surface area contributed by atoms with Gasteiger partial charge in [0.05, 0.1) is 28.5 Å². The first-order valence-electron chi connectivity index (χ1n) is 10.3. The summed E-state index contributed by atoms with van der Waals surface area (Å²) >= 11 is 0. The Morgan fingerprint density at radius 3 is 2.52 bits per heavy atom. The topological polar surface area (TPSA) is 95.5 Å². The van der Waals surface area contributed by atoms with Crippen LogP contribution < -0.4 is 10.6 Å². The van der Waals surface area contributed by atoms with Crippen LogP contribution in [0.15, 0.2) is 54.1 Å². The zero-order valence-corrected chi connectivity index (χ0v) is 16.9. The monoisotopic (exact) mass is 412 g/mol. The highest BCUT2D eigenvalue weighted by atomic mass is 16.3. The average Bonchev–Trinajstić information content (AvgIpc) is 2.78. The second-order valence-corrected chi connectivity index (χ2v) is 7.77. The van der Waals surface area contributed by atoms with Gasteiger partial charge in [0.25, 0.3) is 0 Å². The molecule has 1 unspecified atom stereocenters. The number of carbonyl (C=O) groups is 3. The lowest BCUT2D eigenvalue weighted by Crippen LogP contribution is -2.30. The van der Waals surface area contributed by atoms with Crippen LogP contribution in [0, 0.1) is 0 Å². The van der Waals surface area contributed by atoms with Crippen molar-refractivity contribution in [3.8, 4) is 5.75 Å². The quantitative estimate of drug-likeness (QED) is 0.442. The van der Waals surface area contributed by atoms with E-state index in [-0.39, 0.29) is 52.3 Å². The van der Waals surface area contributed by atoms with Crippen LogP contribution >= 0.6 is 0 Å². The molecule has 0 aromatic heterocycles. The smallest absolute Gasteiger partial charge is 0.224 e. The molecule has 0 saturated carbocycles. The lowest BCUT2D eigenvalue weighted by Gasteiger charge is -2.32. The van der Waals surface area contributed by atoms with Crippen LogP contribution in [0.2, 0.25) is 0 Å². The van der Waals surface area contributed by atoms with Gasteiger partial charge in [0.1, 0.15) is 0 Å². The predicted molar refractivity (Wildman–Crippen MR) is 119 cm³/mol. The number of phenols is 1. The molecule has 1 atom stereocenters. The van der Waals surface area contributed by atoms with Gasteiger partial charge in [-0.2, -0.15) is 0 Å². The van der Waals surface area contributed by atoms with Gasteiger partial charge in [-0.25, -0.2) is 0 Å². The van der Waals surface area contributed by atoms with Gasteiger partial charge in [0.2, 0.25) is 5.91 Å². The number of benzene rings is 2. The number of hydrogen-bond donors (Lipinski definition) is 3. The molecule has 0 radical (unpaired) electrons. The molecule has 1 heterocycles. The Balaban J connectivity index is 1.80. The molecule has 2 aromatic rings. The maximum Gasteiger partial charge on any atom is 0.224 e. The zero-order valence-electron chi connectivity index (χ0n) is 16.9. The molecule has 6 nitrogen and oxygen atoms in total. The van der Waals surface area contributed by atoms with E-state index in [0.29, 0.717) is 23.2 Å². The Kier molecular flexibility index (Phi) is 4.36. The molecule has 31 heavy (non-hydrogen) atoms. The minimum Gasteiger partial charge on any atom is -0.505 e. The number of nitrogens with one attached hydrogen (secondary N) is 2. The molecule has 3 aliphatic rings. The van der Waals surface area contributed by atoms with E-state index in [0.717, 1.165) is 5.57 Å². The summed E-state index contributed by atoms with van der Waals surface area (Å²) in [6.45, 7) is 1.88. The molecule has 0 fully saturated rings. The molecule has 3 N–H and O–H groups in total. The van der Waals surface area contributed by atoms with Crippen LogP contribution in [0.4, 0.5) is 11.4 Å². The van der Waals surface area contributed by atoms with Gasteiger partial charge >= 0.3 is 0 Å². The highest BCUT2D eigenvalue weighted by Gasteiger charge is 2.39. The van der Waals surface area contributed by atoms with Crippen molar-refractivity contribution >= 4 is 34.9 Å². The number of aromatic hydroxyl groups is 1. The predicted octanol–water partition coefficient (Wildman–Crippen LogP) is 4.21. The summed E-state index contributed by atoms with van der Waals surface area (Å²) in [6, 6.07) is 6.41. The van der Waals surface area contributed by atoms with Crippen molar-refractivity contribution in [2.24, 2.45) is 0 Å². The van der Waals surface area contributed by atoms with Gasteiger partial charge < -0.3 is 15.7 Å². The Labute approximate surface area is 179 Å². The molecule has 1 aliphatic heterocycles. The second-order valence-electron chi connectivity index (χ2n) is 7.77. The van der Waals surface area contributed by atoms with Gasteiger partial charge in [-0.15, -0.1) is 0 Å². The first-order chi connectivity index (χ1) is 15.0. The van der Waals surface area contributed by atoms with Crippen molar-refractivity contribution in [2.45, 2.75) is 25.8 Å². The van der Waals surface area contributed by atoms with Crippen molar-refractivity contribution in [3.63, 3.8) is 0 Å². The Bertz CT molecular complexity index is 1270. The van der Waals surface area contributed by atoms with Crippen molar-refractivity contribution < 1.29 is 19.5 Å². The van der Waals surface area contributed by atoms with Crippen LogP contribution in [0.3, 0.4) is 0 Å². The number of anilines is 2. The fourth-order valence-electron chi connectivity index (χ4n) is 4.35. The first kappa shape index (κ1) is 19.1. The number of hydrogen-bond acceptors (Lipinski definition) is 5. The summed E-state index contributed by atoms with van der Waals surface area (Å²) in [4.78, 5) is 39.1. The number of allylic oxidation sites excluding steroid dienone is 2. The Morgan fingerprint density at radius 2 is 1.81 bits per heavy atom. The average molecular weight is 412 g/mol. The van der Waals surface area contributed by atoms with E-state index in [1.54, 1.807) is 24.3 Å². The normalized spacial score (nSPS) is 17.7. The lowest BCUT2D eigenvalue weighted by molar-refractivity contribution is -0.116. The minimum absolute atomic E-state index is 0.0751. The number of carbonyl (C=O) groups excluding carboxylic acids is 3. The number of phenolic OH excluding ortho intramolecular Hbond substituents is 1. The molecule has 154 valence electrons. The summed E-state index contributed by atoms with van der Waals surface area (Å²) in [6.07, 6.45) is 10.4. The number of ketones is 2. The van der Waals surface area contributed by atoms with Crippen LogP contribution in [0.5, 0.6) is 5.75 Å². The molecular formula is C25H20N2O4. The second kappa shape index (κ2) is 7.09. The maximum absolute atomic E-state index is 13.4. The highest BCUT2D eigenvalue weighted by Crippen LogP contribution is 2.48.